The normalized spacial score (nSPS) is 24.6. The summed E-state index contributed by atoms with van der Waals surface area (Å²) in [5.74, 6) is 0.240. The average Bonchev–Trinajstić information content (AvgIpc) is 3.44. The molecule has 1 saturated carbocycles. The predicted octanol–water partition coefficient (Wildman–Crippen LogP) is 1.85. The fourth-order valence-electron chi connectivity index (χ4n) is 3.95. The van der Waals surface area contributed by atoms with Crippen LogP contribution in [-0.2, 0) is 9.59 Å². The lowest BCUT2D eigenvalue weighted by Gasteiger charge is -2.35. The Morgan fingerprint density at radius 3 is 2.50 bits per heavy atom. The second-order valence-electron chi connectivity index (χ2n) is 7.62. The molecule has 0 radical (unpaired) electrons. The molecule has 1 aromatic rings. The van der Waals surface area contributed by atoms with Crippen LogP contribution in [0.2, 0.25) is 0 Å². The van der Waals surface area contributed by atoms with E-state index in [0.29, 0.717) is 19.0 Å². The Balaban J connectivity index is 1.22. The van der Waals surface area contributed by atoms with Gasteiger partial charge in [0.25, 0.3) is 0 Å². The van der Waals surface area contributed by atoms with Gasteiger partial charge in [0.2, 0.25) is 11.8 Å². The minimum Gasteiger partial charge on any atom is -0.340 e. The fraction of sp³-hybridized carbons (Fsp3) is 0.524. The van der Waals surface area contributed by atoms with Crippen molar-refractivity contribution in [1.82, 2.24) is 14.7 Å². The fourth-order valence-corrected chi connectivity index (χ4v) is 3.95. The summed E-state index contributed by atoms with van der Waals surface area (Å²) in [6.45, 7) is 4.89. The molecule has 0 aromatic heterocycles. The highest BCUT2D eigenvalue weighted by Crippen LogP contribution is 2.33. The largest absolute Gasteiger partial charge is 0.340 e. The van der Waals surface area contributed by atoms with Crippen molar-refractivity contribution in [2.45, 2.75) is 25.3 Å². The van der Waals surface area contributed by atoms with Gasteiger partial charge in [-0.1, -0.05) is 42.5 Å². The van der Waals surface area contributed by atoms with E-state index < -0.39 is 0 Å². The summed E-state index contributed by atoms with van der Waals surface area (Å²) in [5.41, 5.74) is 1.22. The van der Waals surface area contributed by atoms with Crippen molar-refractivity contribution in [3.63, 3.8) is 0 Å². The zero-order valence-electron chi connectivity index (χ0n) is 15.2. The zero-order valence-corrected chi connectivity index (χ0v) is 15.2. The summed E-state index contributed by atoms with van der Waals surface area (Å²) in [4.78, 5) is 31.1. The Kier molecular flexibility index (Phi) is 5.07. The third-order valence-corrected chi connectivity index (χ3v) is 5.65. The van der Waals surface area contributed by atoms with E-state index in [1.807, 2.05) is 28.0 Å². The maximum atomic E-state index is 12.8. The van der Waals surface area contributed by atoms with E-state index in [-0.39, 0.29) is 17.7 Å². The van der Waals surface area contributed by atoms with Crippen LogP contribution in [0.4, 0.5) is 0 Å². The van der Waals surface area contributed by atoms with Crippen LogP contribution >= 0.6 is 0 Å². The zero-order chi connectivity index (χ0) is 17.9. The lowest BCUT2D eigenvalue weighted by atomic mass is 10.1. The smallest absolute Gasteiger partial charge is 0.228 e. The number of hydrogen-bond donors (Lipinski definition) is 0. The van der Waals surface area contributed by atoms with E-state index in [4.69, 9.17) is 0 Å². The van der Waals surface area contributed by atoms with Crippen LogP contribution in [0, 0.1) is 5.92 Å². The van der Waals surface area contributed by atoms with E-state index in [9.17, 15) is 9.59 Å². The molecular weight excluding hydrogens is 326 g/mol. The van der Waals surface area contributed by atoms with Crippen molar-refractivity contribution in [3.05, 3.63) is 42.0 Å². The summed E-state index contributed by atoms with van der Waals surface area (Å²) in [6.07, 6.45) is 6.98. The molecule has 1 unspecified atom stereocenters. The number of benzene rings is 1. The molecule has 3 fully saturated rings. The standard InChI is InChI=1S/C21H27N3O2/c25-20-15-18(16-24(20)19-8-9-19)21(26)23-13-11-22(12-14-23)10-4-7-17-5-2-1-3-6-17/h1-7,18-19H,8-16H2/b7-4+. The number of piperazine rings is 1. The molecule has 2 aliphatic heterocycles. The van der Waals surface area contributed by atoms with Gasteiger partial charge in [-0.25, -0.2) is 0 Å². The number of carbonyl (C=O) groups excluding carboxylic acids is 2. The Morgan fingerprint density at radius 1 is 1.08 bits per heavy atom. The highest BCUT2D eigenvalue weighted by Gasteiger charge is 2.43. The molecule has 2 saturated heterocycles. The van der Waals surface area contributed by atoms with E-state index in [2.05, 4.69) is 29.2 Å². The minimum absolute atomic E-state index is 0.118. The van der Waals surface area contributed by atoms with Crippen LogP contribution in [0.25, 0.3) is 6.08 Å². The second-order valence-corrected chi connectivity index (χ2v) is 7.62. The average molecular weight is 353 g/mol. The number of hydrogen-bond acceptors (Lipinski definition) is 3. The lowest BCUT2D eigenvalue weighted by Crippen LogP contribution is -2.50. The number of likely N-dealkylation sites (tertiary alicyclic amines) is 1. The van der Waals surface area contributed by atoms with Crippen molar-refractivity contribution < 1.29 is 9.59 Å². The molecular formula is C21H27N3O2. The number of rotatable bonds is 5. The summed E-state index contributed by atoms with van der Waals surface area (Å²) in [6, 6.07) is 10.7. The molecule has 3 aliphatic rings. The summed E-state index contributed by atoms with van der Waals surface area (Å²) < 4.78 is 0. The van der Waals surface area contributed by atoms with Gasteiger partial charge in [-0.3, -0.25) is 14.5 Å². The lowest BCUT2D eigenvalue weighted by molar-refractivity contribution is -0.137. The predicted molar refractivity (Wildman–Crippen MR) is 101 cm³/mol. The highest BCUT2D eigenvalue weighted by molar-refractivity contribution is 5.89. The molecule has 1 aromatic carbocycles. The topological polar surface area (TPSA) is 43.9 Å². The van der Waals surface area contributed by atoms with Crippen LogP contribution < -0.4 is 0 Å². The van der Waals surface area contributed by atoms with Gasteiger partial charge in [-0.15, -0.1) is 0 Å². The van der Waals surface area contributed by atoms with Crippen LogP contribution in [0.5, 0.6) is 0 Å². The minimum atomic E-state index is -0.118. The van der Waals surface area contributed by atoms with Gasteiger partial charge < -0.3 is 9.80 Å². The first-order chi connectivity index (χ1) is 12.7. The van der Waals surface area contributed by atoms with Gasteiger partial charge in [0.05, 0.1) is 5.92 Å². The van der Waals surface area contributed by atoms with Crippen molar-refractivity contribution in [2.24, 2.45) is 5.92 Å². The molecule has 0 N–H and O–H groups in total. The molecule has 138 valence electrons. The van der Waals surface area contributed by atoms with Gasteiger partial charge >= 0.3 is 0 Å². The van der Waals surface area contributed by atoms with Gasteiger partial charge in [0, 0.05) is 51.7 Å². The molecule has 1 atom stereocenters. The molecule has 0 spiro atoms. The Hall–Kier alpha value is -2.14. The molecule has 0 bridgehead atoms. The third-order valence-electron chi connectivity index (χ3n) is 5.65. The van der Waals surface area contributed by atoms with Crippen LogP contribution in [0.3, 0.4) is 0 Å². The maximum Gasteiger partial charge on any atom is 0.228 e. The van der Waals surface area contributed by atoms with E-state index in [1.54, 1.807) is 0 Å². The third kappa shape index (κ3) is 3.98. The van der Waals surface area contributed by atoms with Crippen molar-refractivity contribution in [3.8, 4) is 0 Å². The van der Waals surface area contributed by atoms with Crippen molar-refractivity contribution >= 4 is 17.9 Å². The van der Waals surface area contributed by atoms with Gasteiger partial charge in [-0.05, 0) is 18.4 Å². The van der Waals surface area contributed by atoms with E-state index >= 15 is 0 Å². The molecule has 2 heterocycles. The SMILES string of the molecule is O=C(C1CC(=O)N(C2CC2)C1)N1CCN(C/C=C/c2ccccc2)CC1. The Labute approximate surface area is 155 Å². The Morgan fingerprint density at radius 2 is 1.81 bits per heavy atom. The van der Waals surface area contributed by atoms with E-state index in [1.165, 1.54) is 5.56 Å². The molecule has 2 amide bonds. The maximum absolute atomic E-state index is 12.8. The Bertz CT molecular complexity index is 676. The van der Waals surface area contributed by atoms with Gasteiger partial charge in [-0.2, -0.15) is 0 Å². The molecule has 26 heavy (non-hydrogen) atoms. The molecule has 5 nitrogen and oxygen atoms in total. The first kappa shape index (κ1) is 17.3. The summed E-state index contributed by atoms with van der Waals surface area (Å²) in [5, 5.41) is 0. The van der Waals surface area contributed by atoms with Crippen molar-refractivity contribution in [2.75, 3.05) is 39.3 Å². The molecule has 4 rings (SSSR count). The summed E-state index contributed by atoms with van der Waals surface area (Å²) >= 11 is 0. The highest BCUT2D eigenvalue weighted by atomic mass is 16.2. The number of carbonyl (C=O) groups is 2. The first-order valence-corrected chi connectivity index (χ1v) is 9.73. The van der Waals surface area contributed by atoms with Gasteiger partial charge in [0.15, 0.2) is 0 Å². The monoisotopic (exact) mass is 353 g/mol. The first-order valence-electron chi connectivity index (χ1n) is 9.73. The number of amides is 2. The number of nitrogens with zero attached hydrogens (tertiary/aromatic N) is 3. The van der Waals surface area contributed by atoms with Crippen LogP contribution in [0.1, 0.15) is 24.8 Å². The van der Waals surface area contributed by atoms with Gasteiger partial charge in [0.1, 0.15) is 0 Å². The summed E-state index contributed by atoms with van der Waals surface area (Å²) in [7, 11) is 0. The molecule has 1 aliphatic carbocycles. The van der Waals surface area contributed by atoms with Crippen LogP contribution in [-0.4, -0.2) is 71.8 Å². The quantitative estimate of drug-likeness (QED) is 0.812. The van der Waals surface area contributed by atoms with Crippen LogP contribution in [0.15, 0.2) is 36.4 Å². The molecule has 5 heteroatoms. The van der Waals surface area contributed by atoms with Crippen molar-refractivity contribution in [1.29, 1.82) is 0 Å². The second kappa shape index (κ2) is 7.62. The van der Waals surface area contributed by atoms with E-state index in [0.717, 1.165) is 45.6 Å².